The van der Waals surface area contributed by atoms with E-state index in [9.17, 15) is 24.6 Å². The molecule has 1 fully saturated rings. The normalized spacial score (nSPS) is 18.7. The molecule has 0 aromatic heterocycles. The van der Waals surface area contributed by atoms with E-state index in [-0.39, 0.29) is 13.0 Å². The van der Waals surface area contributed by atoms with Gasteiger partial charge in [0.15, 0.2) is 11.4 Å². The third kappa shape index (κ3) is 6.50. The Kier molecular flexibility index (Phi) is 8.55. The van der Waals surface area contributed by atoms with Crippen LogP contribution in [0.15, 0.2) is 54.6 Å². The van der Waals surface area contributed by atoms with Crippen molar-refractivity contribution in [2.75, 3.05) is 19.8 Å². The number of aliphatic hydroxyl groups excluding tert-OH is 2. The Labute approximate surface area is 199 Å². The molecule has 1 heterocycles. The van der Waals surface area contributed by atoms with Crippen LogP contribution in [0.25, 0.3) is 0 Å². The number of nitrogens with one attached hydrogen (secondary N) is 2. The Morgan fingerprint density at radius 3 is 2.21 bits per heavy atom. The van der Waals surface area contributed by atoms with Crippen molar-refractivity contribution in [3.05, 3.63) is 71.3 Å². The Balaban J connectivity index is 1.71. The van der Waals surface area contributed by atoms with Crippen LogP contribution in [0.5, 0.6) is 0 Å². The molecule has 34 heavy (non-hydrogen) atoms. The first-order valence-electron chi connectivity index (χ1n) is 11.4. The number of hydrogen-bond donors (Lipinski definition) is 4. The van der Waals surface area contributed by atoms with E-state index in [1.807, 2.05) is 36.4 Å². The summed E-state index contributed by atoms with van der Waals surface area (Å²) in [6.07, 6.45) is 0.989. The number of carbonyl (C=O) groups excluding carboxylic acids is 3. The number of hydrogen-bond acceptors (Lipinski definition) is 6. The molecule has 182 valence electrons. The topological polar surface area (TPSA) is 128 Å². The second kappa shape index (κ2) is 11.4. The van der Waals surface area contributed by atoms with E-state index in [0.717, 1.165) is 17.5 Å². The lowest BCUT2D eigenvalue weighted by Gasteiger charge is -2.23. The molecule has 2 aromatic carbocycles. The molecule has 1 aliphatic heterocycles. The van der Waals surface area contributed by atoms with Crippen molar-refractivity contribution in [2.45, 2.75) is 44.4 Å². The summed E-state index contributed by atoms with van der Waals surface area (Å²) in [5.74, 6) is -1.22. The first-order chi connectivity index (χ1) is 16.3. The molecular formula is C26H32N2O6. The quantitative estimate of drug-likeness (QED) is 0.345. The molecule has 1 saturated heterocycles. The minimum Gasteiger partial charge on any atom is -0.394 e. The van der Waals surface area contributed by atoms with E-state index in [1.165, 1.54) is 0 Å². The third-order valence-corrected chi connectivity index (χ3v) is 5.75. The van der Waals surface area contributed by atoms with Crippen LogP contribution in [-0.4, -0.2) is 65.3 Å². The van der Waals surface area contributed by atoms with Crippen molar-refractivity contribution in [3.8, 4) is 0 Å². The van der Waals surface area contributed by atoms with Gasteiger partial charge in [0.2, 0.25) is 5.91 Å². The second-order valence-electron chi connectivity index (χ2n) is 9.06. The molecule has 0 bridgehead atoms. The summed E-state index contributed by atoms with van der Waals surface area (Å²) in [6, 6.07) is 14.0. The summed E-state index contributed by atoms with van der Waals surface area (Å²) in [5.41, 5.74) is 0.870. The number of epoxide rings is 1. The number of benzene rings is 2. The molecule has 4 N–H and O–H groups in total. The van der Waals surface area contributed by atoms with Crippen LogP contribution in [-0.2, 0) is 27.2 Å². The molecule has 2 amide bonds. The van der Waals surface area contributed by atoms with Gasteiger partial charge in [-0.2, -0.15) is 0 Å². The predicted octanol–water partition coefficient (Wildman–Crippen LogP) is 1.03. The van der Waals surface area contributed by atoms with E-state index in [4.69, 9.17) is 4.74 Å². The Morgan fingerprint density at radius 1 is 0.941 bits per heavy atom. The van der Waals surface area contributed by atoms with Gasteiger partial charge in [0.05, 0.1) is 25.9 Å². The molecule has 3 atom stereocenters. The molecule has 0 unspecified atom stereocenters. The Morgan fingerprint density at radius 2 is 1.62 bits per heavy atom. The molecule has 8 nitrogen and oxygen atoms in total. The second-order valence-corrected chi connectivity index (χ2v) is 9.06. The largest absolute Gasteiger partial charge is 0.394 e. The fourth-order valence-electron chi connectivity index (χ4n) is 3.79. The lowest BCUT2D eigenvalue weighted by molar-refractivity contribution is -0.132. The maximum atomic E-state index is 13.0. The van der Waals surface area contributed by atoms with Crippen molar-refractivity contribution in [3.63, 3.8) is 0 Å². The van der Waals surface area contributed by atoms with Crippen molar-refractivity contribution >= 4 is 17.6 Å². The van der Waals surface area contributed by atoms with E-state index < -0.39 is 48.5 Å². The number of ketones is 1. The van der Waals surface area contributed by atoms with Crippen LogP contribution in [0, 0.1) is 5.92 Å². The highest BCUT2D eigenvalue weighted by Crippen LogP contribution is 2.29. The van der Waals surface area contributed by atoms with Gasteiger partial charge < -0.3 is 25.6 Å². The molecule has 8 heteroatoms. The zero-order valence-electron chi connectivity index (χ0n) is 19.5. The Bertz CT molecular complexity index is 1000. The maximum absolute atomic E-state index is 13.0. The highest BCUT2D eigenvalue weighted by molar-refractivity contribution is 6.00. The van der Waals surface area contributed by atoms with Gasteiger partial charge in [0.1, 0.15) is 6.04 Å². The van der Waals surface area contributed by atoms with Crippen molar-refractivity contribution in [1.82, 2.24) is 10.6 Å². The summed E-state index contributed by atoms with van der Waals surface area (Å²) in [6.45, 7) is 3.12. The lowest BCUT2D eigenvalue weighted by atomic mass is 9.94. The SMILES string of the molecule is CC(C)Cc1cccc(C(=O)N[C@@H](CO)C(=O)N[C@@H](Cc2ccccc2)C(=O)[C@@]2(CO)CO2)c1. The van der Waals surface area contributed by atoms with E-state index in [2.05, 4.69) is 24.5 Å². The van der Waals surface area contributed by atoms with Gasteiger partial charge in [-0.3, -0.25) is 14.4 Å². The Hall–Kier alpha value is -3.07. The minimum atomic E-state index is -1.32. The molecular weight excluding hydrogens is 436 g/mol. The van der Waals surface area contributed by atoms with Crippen LogP contribution < -0.4 is 10.6 Å². The van der Waals surface area contributed by atoms with Gasteiger partial charge in [-0.1, -0.05) is 56.3 Å². The van der Waals surface area contributed by atoms with E-state index in [0.29, 0.717) is 11.5 Å². The zero-order valence-corrected chi connectivity index (χ0v) is 19.5. The molecule has 0 aliphatic carbocycles. The number of carbonyl (C=O) groups is 3. The van der Waals surface area contributed by atoms with Crippen molar-refractivity contribution in [1.29, 1.82) is 0 Å². The maximum Gasteiger partial charge on any atom is 0.252 e. The number of ether oxygens (including phenoxy) is 1. The van der Waals surface area contributed by atoms with Crippen LogP contribution in [0.4, 0.5) is 0 Å². The first kappa shape index (κ1) is 25.6. The summed E-state index contributed by atoms with van der Waals surface area (Å²) < 4.78 is 5.19. The molecule has 2 aromatic rings. The smallest absolute Gasteiger partial charge is 0.252 e. The zero-order chi connectivity index (χ0) is 24.7. The number of aliphatic hydroxyl groups is 2. The van der Waals surface area contributed by atoms with Gasteiger partial charge in [0, 0.05) is 5.56 Å². The molecule has 0 radical (unpaired) electrons. The first-order valence-corrected chi connectivity index (χ1v) is 11.4. The van der Waals surface area contributed by atoms with Crippen molar-refractivity contribution < 1.29 is 29.3 Å². The van der Waals surface area contributed by atoms with Crippen LogP contribution in [0.3, 0.4) is 0 Å². The van der Waals surface area contributed by atoms with E-state index in [1.54, 1.807) is 18.2 Å². The molecule has 0 spiro atoms. The van der Waals surface area contributed by atoms with E-state index >= 15 is 0 Å². The van der Waals surface area contributed by atoms with Crippen molar-refractivity contribution in [2.24, 2.45) is 5.92 Å². The van der Waals surface area contributed by atoms with Crippen LogP contribution in [0.2, 0.25) is 0 Å². The van der Waals surface area contributed by atoms with Crippen LogP contribution in [0.1, 0.15) is 35.3 Å². The van der Waals surface area contributed by atoms with Gasteiger partial charge in [-0.25, -0.2) is 0 Å². The predicted molar refractivity (Wildman–Crippen MR) is 126 cm³/mol. The summed E-state index contributed by atoms with van der Waals surface area (Å²) in [5, 5.41) is 24.6. The van der Waals surface area contributed by atoms with Gasteiger partial charge in [0.25, 0.3) is 5.91 Å². The summed E-state index contributed by atoms with van der Waals surface area (Å²) >= 11 is 0. The summed E-state index contributed by atoms with van der Waals surface area (Å²) in [4.78, 5) is 38.7. The number of amides is 2. The molecule has 0 saturated carbocycles. The third-order valence-electron chi connectivity index (χ3n) is 5.75. The number of rotatable bonds is 12. The fourth-order valence-corrected chi connectivity index (χ4v) is 3.79. The highest BCUT2D eigenvalue weighted by atomic mass is 16.6. The van der Waals surface area contributed by atoms with Gasteiger partial charge >= 0.3 is 0 Å². The fraction of sp³-hybridized carbons (Fsp3) is 0.423. The standard InChI is InChI=1S/C26H32N2O6/c1-17(2)11-19-9-6-10-20(12-19)24(32)28-22(14-29)25(33)27-21(13-18-7-4-3-5-8-18)23(31)26(15-30)16-34-26/h3-10,12,17,21-22,29-30H,11,13-16H2,1-2H3,(H,27,33)(H,28,32)/t21-,22-,26+/m0/s1. The molecule has 3 rings (SSSR count). The summed E-state index contributed by atoms with van der Waals surface area (Å²) in [7, 11) is 0. The average Bonchev–Trinajstić information content (AvgIpc) is 3.63. The minimum absolute atomic E-state index is 0.0797. The highest BCUT2D eigenvalue weighted by Gasteiger charge is 2.54. The average molecular weight is 469 g/mol. The van der Waals surface area contributed by atoms with Gasteiger partial charge in [-0.15, -0.1) is 0 Å². The van der Waals surface area contributed by atoms with Gasteiger partial charge in [-0.05, 0) is 42.0 Å². The molecule has 1 aliphatic rings. The monoisotopic (exact) mass is 468 g/mol. The van der Waals surface area contributed by atoms with Crippen LogP contribution >= 0.6 is 0 Å². The number of Topliss-reactive ketones (excluding diaryl/α,β-unsaturated/α-hetero) is 1. The lowest BCUT2D eigenvalue weighted by Crippen LogP contribution is -2.56.